The van der Waals surface area contributed by atoms with Crippen LogP contribution in [0.25, 0.3) is 10.9 Å². The maximum atomic E-state index is 12.6. The highest BCUT2D eigenvalue weighted by Crippen LogP contribution is 2.26. The number of aromatic nitrogens is 2. The van der Waals surface area contributed by atoms with E-state index < -0.39 is 6.10 Å². The molecule has 2 aromatic heterocycles. The van der Waals surface area contributed by atoms with Gasteiger partial charge in [-0.2, -0.15) is 0 Å². The first kappa shape index (κ1) is 14.3. The summed E-state index contributed by atoms with van der Waals surface area (Å²) in [4.78, 5) is 19.9. The number of nitrogens with one attached hydrogen (secondary N) is 1. The van der Waals surface area contributed by atoms with E-state index >= 15 is 0 Å². The Morgan fingerprint density at radius 3 is 3.10 bits per heavy atom. The van der Waals surface area contributed by atoms with Crippen LogP contribution in [0.2, 0.25) is 5.02 Å². The highest BCUT2D eigenvalue weighted by atomic mass is 35.5. The zero-order valence-electron chi connectivity index (χ0n) is 11.3. The van der Waals surface area contributed by atoms with E-state index in [0.717, 1.165) is 10.9 Å². The van der Waals surface area contributed by atoms with Crippen LogP contribution < -0.4 is 0 Å². The number of thiazole rings is 1. The Balaban J connectivity index is 2.00. The number of nitrogens with zero attached hydrogens (tertiary/aromatic N) is 1. The molecule has 0 unspecified atom stereocenters. The van der Waals surface area contributed by atoms with Gasteiger partial charge in [-0.1, -0.05) is 18.5 Å². The summed E-state index contributed by atoms with van der Waals surface area (Å²) in [5.74, 6) is -0.164. The molecule has 0 bridgehead atoms. The van der Waals surface area contributed by atoms with Crippen LogP contribution in [0.4, 0.5) is 0 Å². The highest BCUT2D eigenvalue weighted by molar-refractivity contribution is 7.12. The normalized spacial score (nSPS) is 12.7. The van der Waals surface area contributed by atoms with Crippen molar-refractivity contribution in [2.24, 2.45) is 0 Å². The number of fused-ring (bicyclic) bond motifs is 1. The second-order valence-electron chi connectivity index (χ2n) is 4.72. The lowest BCUT2D eigenvalue weighted by Gasteiger charge is -2.01. The maximum absolute atomic E-state index is 12.6. The summed E-state index contributed by atoms with van der Waals surface area (Å²) in [6, 6.07) is 5.37. The largest absolute Gasteiger partial charge is 0.387 e. The second kappa shape index (κ2) is 5.60. The Morgan fingerprint density at radius 1 is 1.52 bits per heavy atom. The molecule has 3 rings (SSSR count). The van der Waals surface area contributed by atoms with Crippen LogP contribution in [-0.4, -0.2) is 20.9 Å². The smallest absolute Gasteiger partial charge is 0.223 e. The maximum Gasteiger partial charge on any atom is 0.223 e. The highest BCUT2D eigenvalue weighted by Gasteiger charge is 2.19. The van der Waals surface area contributed by atoms with Crippen molar-refractivity contribution in [3.63, 3.8) is 0 Å². The van der Waals surface area contributed by atoms with E-state index in [1.807, 2.05) is 13.0 Å². The Kier molecular flexibility index (Phi) is 3.80. The number of ketones is 1. The summed E-state index contributed by atoms with van der Waals surface area (Å²) < 4.78 is 0. The summed E-state index contributed by atoms with van der Waals surface area (Å²) in [6.07, 6.45) is 1.61. The van der Waals surface area contributed by atoms with Crippen molar-refractivity contribution in [2.45, 2.75) is 19.4 Å². The third kappa shape index (κ3) is 2.60. The van der Waals surface area contributed by atoms with E-state index in [-0.39, 0.29) is 5.78 Å². The zero-order chi connectivity index (χ0) is 15.0. The summed E-state index contributed by atoms with van der Waals surface area (Å²) in [5.41, 5.74) is 1.94. The van der Waals surface area contributed by atoms with E-state index in [1.54, 1.807) is 23.7 Å². The van der Waals surface area contributed by atoms with Gasteiger partial charge in [0.15, 0.2) is 5.01 Å². The van der Waals surface area contributed by atoms with Gasteiger partial charge in [0.05, 0.1) is 17.4 Å². The zero-order valence-corrected chi connectivity index (χ0v) is 12.8. The number of rotatable bonds is 4. The number of aliphatic hydroxyl groups is 1. The first-order valence-electron chi connectivity index (χ1n) is 6.55. The van der Waals surface area contributed by atoms with Crippen molar-refractivity contribution in [2.75, 3.05) is 0 Å². The Morgan fingerprint density at radius 2 is 2.33 bits per heavy atom. The lowest BCUT2D eigenvalue weighted by molar-refractivity contribution is 0.103. The topological polar surface area (TPSA) is 66.0 Å². The Labute approximate surface area is 130 Å². The van der Waals surface area contributed by atoms with Gasteiger partial charge in [-0.3, -0.25) is 4.79 Å². The quantitative estimate of drug-likeness (QED) is 0.715. The summed E-state index contributed by atoms with van der Waals surface area (Å²) in [7, 11) is 0. The van der Waals surface area contributed by atoms with Crippen LogP contribution in [0.15, 0.2) is 29.8 Å². The molecular formula is C15H13ClN2O2S. The lowest BCUT2D eigenvalue weighted by Crippen LogP contribution is -2.02. The van der Waals surface area contributed by atoms with Gasteiger partial charge in [-0.15, -0.1) is 11.3 Å². The van der Waals surface area contributed by atoms with Crippen molar-refractivity contribution in [3.05, 3.63) is 51.1 Å². The lowest BCUT2D eigenvalue weighted by atomic mass is 10.1. The van der Waals surface area contributed by atoms with Crippen LogP contribution in [0.1, 0.15) is 40.5 Å². The molecule has 6 heteroatoms. The van der Waals surface area contributed by atoms with Gasteiger partial charge in [0.25, 0.3) is 0 Å². The minimum atomic E-state index is -0.625. The third-order valence-corrected chi connectivity index (χ3v) is 4.43. The molecule has 2 N–H and O–H groups in total. The van der Waals surface area contributed by atoms with Gasteiger partial charge < -0.3 is 10.1 Å². The molecule has 0 fully saturated rings. The SMILES string of the molecule is CC[C@H](O)c1csc(C(=O)c2c[nH]c3ccc(Cl)cc23)n1. The van der Waals surface area contributed by atoms with Crippen molar-refractivity contribution < 1.29 is 9.90 Å². The molecule has 3 aromatic rings. The fourth-order valence-electron chi connectivity index (χ4n) is 2.15. The van der Waals surface area contributed by atoms with Crippen LogP contribution >= 0.6 is 22.9 Å². The minimum absolute atomic E-state index is 0.164. The van der Waals surface area contributed by atoms with Gasteiger partial charge in [-0.25, -0.2) is 4.98 Å². The first-order valence-corrected chi connectivity index (χ1v) is 7.80. The fraction of sp³-hybridized carbons (Fsp3) is 0.200. The number of aromatic amines is 1. The van der Waals surface area contributed by atoms with Gasteiger partial charge >= 0.3 is 0 Å². The number of aliphatic hydroxyl groups excluding tert-OH is 1. The molecule has 4 nitrogen and oxygen atoms in total. The fourth-order valence-corrected chi connectivity index (χ4v) is 3.14. The van der Waals surface area contributed by atoms with Crippen LogP contribution in [0.3, 0.4) is 0 Å². The third-order valence-electron chi connectivity index (χ3n) is 3.33. The van der Waals surface area contributed by atoms with Crippen LogP contribution in [0.5, 0.6) is 0 Å². The molecule has 0 aliphatic carbocycles. The average Bonchev–Trinajstić information content (AvgIpc) is 3.12. The molecule has 21 heavy (non-hydrogen) atoms. The summed E-state index contributed by atoms with van der Waals surface area (Å²) >= 11 is 7.24. The number of carbonyl (C=O) groups is 1. The first-order chi connectivity index (χ1) is 10.1. The van der Waals surface area contributed by atoms with Crippen molar-refractivity contribution in [1.82, 2.24) is 9.97 Å². The summed E-state index contributed by atoms with van der Waals surface area (Å²) in [5, 5.41) is 13.2. The van der Waals surface area contributed by atoms with Gasteiger partial charge in [0, 0.05) is 27.5 Å². The molecule has 1 atom stereocenters. The number of carbonyl (C=O) groups excluding carboxylic acids is 1. The molecule has 0 amide bonds. The van der Waals surface area contributed by atoms with Crippen molar-refractivity contribution in [3.8, 4) is 0 Å². The molecule has 0 spiro atoms. The van der Waals surface area contributed by atoms with Gasteiger partial charge in [0.2, 0.25) is 5.78 Å². The molecule has 108 valence electrons. The van der Waals surface area contributed by atoms with E-state index in [1.165, 1.54) is 11.3 Å². The molecule has 0 aliphatic rings. The number of hydrogen-bond acceptors (Lipinski definition) is 4. The molecule has 0 radical (unpaired) electrons. The van der Waals surface area contributed by atoms with Crippen LogP contribution in [-0.2, 0) is 0 Å². The van der Waals surface area contributed by atoms with E-state index in [0.29, 0.717) is 27.7 Å². The van der Waals surface area contributed by atoms with E-state index in [2.05, 4.69) is 9.97 Å². The molecule has 0 saturated carbocycles. The number of halogens is 1. The monoisotopic (exact) mass is 320 g/mol. The van der Waals surface area contributed by atoms with E-state index in [4.69, 9.17) is 11.6 Å². The van der Waals surface area contributed by atoms with Gasteiger partial charge in [-0.05, 0) is 24.6 Å². The Hall–Kier alpha value is -1.69. The summed E-state index contributed by atoms with van der Waals surface area (Å²) in [6.45, 7) is 1.87. The molecule has 0 saturated heterocycles. The average molecular weight is 321 g/mol. The van der Waals surface area contributed by atoms with Crippen molar-refractivity contribution >= 4 is 39.6 Å². The Bertz CT molecular complexity index is 809. The molecule has 1 aromatic carbocycles. The predicted molar refractivity (Wildman–Crippen MR) is 84.1 cm³/mol. The predicted octanol–water partition coefficient (Wildman–Crippen LogP) is 3.95. The van der Waals surface area contributed by atoms with E-state index in [9.17, 15) is 9.90 Å². The minimum Gasteiger partial charge on any atom is -0.387 e. The second-order valence-corrected chi connectivity index (χ2v) is 6.02. The standard InChI is InChI=1S/C15H13ClN2O2S/c1-2-13(19)12-7-21-15(18-12)14(20)10-6-17-11-4-3-8(16)5-9(10)11/h3-7,13,17,19H,2H2,1H3/t13-/m0/s1. The number of hydrogen-bond donors (Lipinski definition) is 2. The molecule has 0 aliphatic heterocycles. The van der Waals surface area contributed by atoms with Gasteiger partial charge in [0.1, 0.15) is 0 Å². The number of benzene rings is 1. The number of H-pyrrole nitrogens is 1. The van der Waals surface area contributed by atoms with Crippen molar-refractivity contribution in [1.29, 1.82) is 0 Å². The molecular weight excluding hydrogens is 308 g/mol. The van der Waals surface area contributed by atoms with Crippen LogP contribution in [0, 0.1) is 0 Å². The molecule has 2 heterocycles.